The van der Waals surface area contributed by atoms with Crippen molar-refractivity contribution in [3.8, 4) is 11.5 Å². The van der Waals surface area contributed by atoms with E-state index in [1.165, 1.54) is 0 Å². The molecule has 0 unspecified atom stereocenters. The average molecular weight is 328 g/mol. The van der Waals surface area contributed by atoms with E-state index >= 15 is 0 Å². The molecule has 0 amide bonds. The molecule has 24 heavy (non-hydrogen) atoms. The third kappa shape index (κ3) is 3.19. The fraction of sp³-hybridized carbons (Fsp3) is 0.500. The summed E-state index contributed by atoms with van der Waals surface area (Å²) in [4.78, 5) is 16.7. The van der Waals surface area contributed by atoms with Gasteiger partial charge in [-0.3, -0.25) is 0 Å². The molecule has 1 aliphatic heterocycles. The van der Waals surface area contributed by atoms with Gasteiger partial charge in [0.05, 0.1) is 12.2 Å². The quantitative estimate of drug-likeness (QED) is 0.785. The molecule has 0 spiro atoms. The largest absolute Gasteiger partial charge is 0.459 e. The van der Waals surface area contributed by atoms with Crippen LogP contribution in [0.3, 0.4) is 0 Å². The van der Waals surface area contributed by atoms with Gasteiger partial charge in [-0.2, -0.15) is 4.98 Å². The molecule has 1 aliphatic carbocycles. The highest BCUT2D eigenvalue weighted by Crippen LogP contribution is 2.38. The summed E-state index contributed by atoms with van der Waals surface area (Å²) in [5.74, 6) is 1.70. The van der Waals surface area contributed by atoms with E-state index in [1.807, 2.05) is 19.1 Å². The molecule has 1 aromatic carbocycles. The molecule has 0 radical (unpaired) electrons. The van der Waals surface area contributed by atoms with Gasteiger partial charge in [0.15, 0.2) is 5.82 Å². The van der Waals surface area contributed by atoms with Crippen LogP contribution in [0, 0.1) is 5.92 Å². The summed E-state index contributed by atoms with van der Waals surface area (Å²) in [5, 5.41) is 4.01. The SMILES string of the molecule is C[C@H](OC(=O)c1ccc(-c2nc(C3CC3)no2)cc1)[C@H]1CCOC1. The van der Waals surface area contributed by atoms with Crippen molar-refractivity contribution in [2.24, 2.45) is 5.92 Å². The Balaban J connectivity index is 1.41. The summed E-state index contributed by atoms with van der Waals surface area (Å²) in [6.07, 6.45) is 3.06. The molecule has 6 heteroatoms. The number of carbonyl (C=O) groups excluding carboxylic acids is 1. The van der Waals surface area contributed by atoms with Crippen molar-refractivity contribution < 1.29 is 18.8 Å². The number of carbonyl (C=O) groups is 1. The third-order valence-corrected chi connectivity index (χ3v) is 4.67. The fourth-order valence-electron chi connectivity index (χ4n) is 2.86. The van der Waals surface area contributed by atoms with Crippen molar-refractivity contribution in [3.05, 3.63) is 35.7 Å². The van der Waals surface area contributed by atoms with Crippen LogP contribution in [0.2, 0.25) is 0 Å². The van der Waals surface area contributed by atoms with E-state index in [0.29, 0.717) is 24.0 Å². The van der Waals surface area contributed by atoms with Gasteiger partial charge in [-0.15, -0.1) is 0 Å². The molecule has 2 heterocycles. The standard InChI is InChI=1S/C18H20N2O4/c1-11(15-8-9-22-10-15)23-18(21)14-6-4-13(5-7-14)17-19-16(20-24-17)12-2-3-12/h4-7,11-12,15H,2-3,8-10H2,1H3/t11-,15-/m0/s1. The van der Waals surface area contributed by atoms with Gasteiger partial charge in [0, 0.05) is 24.0 Å². The number of nitrogens with zero attached hydrogens (tertiary/aromatic N) is 2. The van der Waals surface area contributed by atoms with Crippen molar-refractivity contribution in [2.75, 3.05) is 13.2 Å². The molecular weight excluding hydrogens is 308 g/mol. The lowest BCUT2D eigenvalue weighted by Gasteiger charge is -2.18. The minimum Gasteiger partial charge on any atom is -0.459 e. The summed E-state index contributed by atoms with van der Waals surface area (Å²) in [5.41, 5.74) is 1.33. The van der Waals surface area contributed by atoms with Gasteiger partial charge in [-0.05, 0) is 50.5 Å². The summed E-state index contributed by atoms with van der Waals surface area (Å²) < 4.78 is 16.2. The molecule has 0 bridgehead atoms. The van der Waals surface area contributed by atoms with Gasteiger partial charge in [0.1, 0.15) is 6.10 Å². The Hall–Kier alpha value is -2.21. The maximum absolute atomic E-state index is 12.2. The van der Waals surface area contributed by atoms with E-state index in [4.69, 9.17) is 14.0 Å². The zero-order valence-corrected chi connectivity index (χ0v) is 13.6. The van der Waals surface area contributed by atoms with Gasteiger partial charge in [-0.25, -0.2) is 4.79 Å². The molecule has 4 rings (SSSR count). The van der Waals surface area contributed by atoms with Gasteiger partial charge in [0.2, 0.25) is 0 Å². The fourth-order valence-corrected chi connectivity index (χ4v) is 2.86. The smallest absolute Gasteiger partial charge is 0.338 e. The van der Waals surface area contributed by atoms with E-state index in [1.54, 1.807) is 12.1 Å². The summed E-state index contributed by atoms with van der Waals surface area (Å²) in [7, 11) is 0. The van der Waals surface area contributed by atoms with Crippen LogP contribution in [0.25, 0.3) is 11.5 Å². The lowest BCUT2D eigenvalue weighted by molar-refractivity contribution is 0.0180. The van der Waals surface area contributed by atoms with Gasteiger partial charge in [-0.1, -0.05) is 5.16 Å². The zero-order valence-electron chi connectivity index (χ0n) is 13.6. The van der Waals surface area contributed by atoms with Crippen LogP contribution in [-0.4, -0.2) is 35.4 Å². The predicted octanol–water partition coefficient (Wildman–Crippen LogP) is 3.20. The van der Waals surface area contributed by atoms with Crippen LogP contribution in [0.1, 0.15) is 48.3 Å². The predicted molar refractivity (Wildman–Crippen MR) is 85.5 cm³/mol. The number of ether oxygens (including phenoxy) is 2. The Morgan fingerprint density at radius 1 is 1.25 bits per heavy atom. The van der Waals surface area contributed by atoms with Gasteiger partial charge in [0.25, 0.3) is 5.89 Å². The first-order chi connectivity index (χ1) is 11.7. The topological polar surface area (TPSA) is 74.5 Å². The first-order valence-corrected chi connectivity index (χ1v) is 8.43. The molecule has 1 saturated heterocycles. The van der Waals surface area contributed by atoms with E-state index in [2.05, 4.69) is 10.1 Å². The molecule has 2 aromatic rings. The number of hydrogen-bond donors (Lipinski definition) is 0. The van der Waals surface area contributed by atoms with Crippen molar-refractivity contribution in [2.45, 2.75) is 38.2 Å². The summed E-state index contributed by atoms with van der Waals surface area (Å²) in [6, 6.07) is 7.08. The van der Waals surface area contributed by atoms with Crippen LogP contribution in [0.4, 0.5) is 0 Å². The Bertz CT molecular complexity index is 715. The minimum atomic E-state index is -0.315. The Morgan fingerprint density at radius 2 is 2.04 bits per heavy atom. The Labute approximate surface area is 140 Å². The minimum absolute atomic E-state index is 0.142. The van der Waals surface area contributed by atoms with Crippen LogP contribution < -0.4 is 0 Å². The highest BCUT2D eigenvalue weighted by atomic mass is 16.5. The second kappa shape index (κ2) is 6.36. The molecule has 6 nitrogen and oxygen atoms in total. The second-order valence-electron chi connectivity index (χ2n) is 6.54. The second-order valence-corrected chi connectivity index (χ2v) is 6.54. The first-order valence-electron chi connectivity index (χ1n) is 8.43. The number of rotatable bonds is 5. The molecule has 0 N–H and O–H groups in total. The number of benzene rings is 1. The molecule has 126 valence electrons. The molecular formula is C18H20N2O4. The number of hydrogen-bond acceptors (Lipinski definition) is 6. The number of aromatic nitrogens is 2. The van der Waals surface area contributed by atoms with Crippen molar-refractivity contribution in [1.82, 2.24) is 10.1 Å². The van der Waals surface area contributed by atoms with Crippen LogP contribution in [0.5, 0.6) is 0 Å². The zero-order chi connectivity index (χ0) is 16.5. The summed E-state index contributed by atoms with van der Waals surface area (Å²) in [6.45, 7) is 3.33. The van der Waals surface area contributed by atoms with Gasteiger partial charge >= 0.3 is 5.97 Å². The molecule has 2 aliphatic rings. The van der Waals surface area contributed by atoms with E-state index in [0.717, 1.165) is 37.3 Å². The Kier molecular flexibility index (Phi) is 4.06. The summed E-state index contributed by atoms with van der Waals surface area (Å²) >= 11 is 0. The van der Waals surface area contributed by atoms with E-state index in [9.17, 15) is 4.79 Å². The molecule has 2 atom stereocenters. The maximum atomic E-state index is 12.2. The van der Waals surface area contributed by atoms with Crippen molar-refractivity contribution in [3.63, 3.8) is 0 Å². The third-order valence-electron chi connectivity index (χ3n) is 4.67. The Morgan fingerprint density at radius 3 is 2.71 bits per heavy atom. The van der Waals surface area contributed by atoms with Crippen LogP contribution in [-0.2, 0) is 9.47 Å². The lowest BCUT2D eigenvalue weighted by atomic mass is 10.0. The highest BCUT2D eigenvalue weighted by molar-refractivity contribution is 5.90. The molecule has 1 aromatic heterocycles. The average Bonchev–Trinajstić information content (AvgIpc) is 3.12. The van der Waals surface area contributed by atoms with Crippen LogP contribution >= 0.6 is 0 Å². The monoisotopic (exact) mass is 328 g/mol. The lowest BCUT2D eigenvalue weighted by Crippen LogP contribution is -2.24. The van der Waals surface area contributed by atoms with E-state index < -0.39 is 0 Å². The van der Waals surface area contributed by atoms with Crippen LogP contribution in [0.15, 0.2) is 28.8 Å². The maximum Gasteiger partial charge on any atom is 0.338 e. The van der Waals surface area contributed by atoms with Crippen molar-refractivity contribution >= 4 is 5.97 Å². The van der Waals surface area contributed by atoms with Gasteiger partial charge < -0.3 is 14.0 Å². The van der Waals surface area contributed by atoms with Crippen molar-refractivity contribution in [1.29, 1.82) is 0 Å². The highest BCUT2D eigenvalue weighted by Gasteiger charge is 2.29. The molecule has 1 saturated carbocycles. The number of esters is 1. The first kappa shape index (κ1) is 15.3. The molecule has 2 fully saturated rings. The van der Waals surface area contributed by atoms with E-state index in [-0.39, 0.29) is 18.0 Å². The normalized spacial score (nSPS) is 21.6.